The molecular weight excluding hydrogens is 252 g/mol. The van der Waals surface area contributed by atoms with Crippen LogP contribution >= 0.6 is 0 Å². The van der Waals surface area contributed by atoms with Gasteiger partial charge in [0.15, 0.2) is 0 Å². The third kappa shape index (κ3) is 4.42. The van der Waals surface area contributed by atoms with Crippen molar-refractivity contribution in [1.29, 1.82) is 0 Å². The van der Waals surface area contributed by atoms with E-state index in [0.717, 1.165) is 25.2 Å². The lowest BCUT2D eigenvalue weighted by atomic mass is 10.1. The molecule has 0 heterocycles. The molecule has 0 aliphatic rings. The van der Waals surface area contributed by atoms with Crippen LogP contribution in [-0.4, -0.2) is 64.0 Å². The summed E-state index contributed by atoms with van der Waals surface area (Å²) < 4.78 is 0. The quantitative estimate of drug-likeness (QED) is 0.798. The van der Waals surface area contributed by atoms with Gasteiger partial charge in [-0.05, 0) is 45.3 Å². The highest BCUT2D eigenvalue weighted by atomic mass is 16.2. The third-order valence-corrected chi connectivity index (χ3v) is 3.20. The van der Waals surface area contributed by atoms with Crippen LogP contribution < -0.4 is 10.6 Å². The van der Waals surface area contributed by atoms with Crippen LogP contribution in [0.2, 0.25) is 0 Å². The van der Waals surface area contributed by atoms with E-state index in [0.29, 0.717) is 11.3 Å². The Bertz CT molecular complexity index is 457. The van der Waals surface area contributed by atoms with Crippen LogP contribution in [0.25, 0.3) is 0 Å². The summed E-state index contributed by atoms with van der Waals surface area (Å²) in [6.07, 6.45) is 0.959. The van der Waals surface area contributed by atoms with Gasteiger partial charge in [-0.2, -0.15) is 0 Å². The number of carbonyl (C=O) groups excluding carboxylic acids is 1. The van der Waals surface area contributed by atoms with Crippen molar-refractivity contribution in [1.82, 2.24) is 9.80 Å². The molecule has 112 valence electrons. The van der Waals surface area contributed by atoms with Gasteiger partial charge in [0.05, 0.1) is 11.4 Å². The molecule has 0 aliphatic carbocycles. The summed E-state index contributed by atoms with van der Waals surface area (Å²) in [6.45, 7) is 1.71. The first-order chi connectivity index (χ1) is 9.32. The maximum absolute atomic E-state index is 12.3. The number of nitrogens with zero attached hydrogens (tertiary/aromatic N) is 3. The average molecular weight is 278 g/mol. The van der Waals surface area contributed by atoms with Crippen LogP contribution in [0.4, 0.5) is 11.4 Å². The van der Waals surface area contributed by atoms with Gasteiger partial charge in [-0.1, -0.05) is 0 Å². The normalized spacial score (nSPS) is 10.7. The summed E-state index contributed by atoms with van der Waals surface area (Å²) in [6, 6.07) is 5.47. The lowest BCUT2D eigenvalue weighted by Gasteiger charge is -2.20. The predicted octanol–water partition coefficient (Wildman–Crippen LogP) is 1.36. The number of benzene rings is 1. The van der Waals surface area contributed by atoms with Crippen LogP contribution in [0.3, 0.4) is 0 Å². The van der Waals surface area contributed by atoms with Gasteiger partial charge in [-0.15, -0.1) is 0 Å². The molecule has 5 nitrogen and oxygen atoms in total. The molecule has 0 spiro atoms. The van der Waals surface area contributed by atoms with E-state index < -0.39 is 0 Å². The van der Waals surface area contributed by atoms with Crippen LogP contribution in [0, 0.1) is 0 Å². The zero-order chi connectivity index (χ0) is 15.3. The van der Waals surface area contributed by atoms with E-state index in [1.165, 1.54) is 0 Å². The second-order valence-corrected chi connectivity index (χ2v) is 5.55. The summed E-state index contributed by atoms with van der Waals surface area (Å²) in [5, 5.41) is 0. The Balaban J connectivity index is 2.69. The first kappa shape index (κ1) is 16.3. The lowest BCUT2D eigenvalue weighted by Crippen LogP contribution is -2.29. The van der Waals surface area contributed by atoms with Gasteiger partial charge in [0.1, 0.15) is 0 Å². The second-order valence-electron chi connectivity index (χ2n) is 5.55. The molecule has 5 heteroatoms. The molecule has 1 aromatic rings. The molecule has 0 saturated carbocycles. The molecule has 0 radical (unpaired) electrons. The van der Waals surface area contributed by atoms with E-state index in [2.05, 4.69) is 4.90 Å². The molecule has 0 saturated heterocycles. The summed E-state index contributed by atoms with van der Waals surface area (Å²) in [4.78, 5) is 18.1. The molecular formula is C15H26N4O. The topological polar surface area (TPSA) is 52.8 Å². The van der Waals surface area contributed by atoms with Gasteiger partial charge in [0.25, 0.3) is 5.91 Å². The van der Waals surface area contributed by atoms with Crippen LogP contribution in [0.5, 0.6) is 0 Å². The van der Waals surface area contributed by atoms with Crippen LogP contribution in [0.1, 0.15) is 16.8 Å². The fourth-order valence-corrected chi connectivity index (χ4v) is 2.04. The van der Waals surface area contributed by atoms with Gasteiger partial charge < -0.3 is 20.4 Å². The van der Waals surface area contributed by atoms with Crippen molar-refractivity contribution in [2.75, 3.05) is 59.0 Å². The Kier molecular flexibility index (Phi) is 5.82. The smallest absolute Gasteiger partial charge is 0.253 e. The standard InChI is InChI=1S/C15H26N4O/c1-17(2)9-6-10-19(5)15(20)12-7-8-14(18(3)4)13(16)11-12/h7-8,11H,6,9-10,16H2,1-5H3. The number of hydrogen-bond acceptors (Lipinski definition) is 4. The minimum Gasteiger partial charge on any atom is -0.397 e. The largest absolute Gasteiger partial charge is 0.397 e. The van der Waals surface area contributed by atoms with Gasteiger partial charge in [0.2, 0.25) is 0 Å². The molecule has 2 N–H and O–H groups in total. The van der Waals surface area contributed by atoms with E-state index in [9.17, 15) is 4.79 Å². The van der Waals surface area contributed by atoms with Crippen LogP contribution in [-0.2, 0) is 0 Å². The molecule has 0 fully saturated rings. The molecule has 0 aliphatic heterocycles. The summed E-state index contributed by atoms with van der Waals surface area (Å²) in [5.41, 5.74) is 8.18. The zero-order valence-corrected chi connectivity index (χ0v) is 13.2. The number of rotatable bonds is 6. The van der Waals surface area contributed by atoms with E-state index in [-0.39, 0.29) is 5.91 Å². The van der Waals surface area contributed by atoms with E-state index in [4.69, 9.17) is 5.73 Å². The van der Waals surface area contributed by atoms with Crippen molar-refractivity contribution in [3.05, 3.63) is 23.8 Å². The van der Waals surface area contributed by atoms with E-state index in [1.807, 2.05) is 52.3 Å². The van der Waals surface area contributed by atoms with Crippen molar-refractivity contribution in [2.45, 2.75) is 6.42 Å². The summed E-state index contributed by atoms with van der Waals surface area (Å²) in [5.74, 6) is 0.0146. The molecule has 0 bridgehead atoms. The van der Waals surface area contributed by atoms with Crippen molar-refractivity contribution in [2.24, 2.45) is 0 Å². The number of nitrogen functional groups attached to an aromatic ring is 1. The maximum atomic E-state index is 12.3. The highest BCUT2D eigenvalue weighted by Crippen LogP contribution is 2.22. The van der Waals surface area contributed by atoms with E-state index >= 15 is 0 Å². The first-order valence-corrected chi connectivity index (χ1v) is 6.80. The van der Waals surface area contributed by atoms with Crippen molar-refractivity contribution < 1.29 is 4.79 Å². The molecule has 0 aromatic heterocycles. The molecule has 20 heavy (non-hydrogen) atoms. The van der Waals surface area contributed by atoms with Crippen molar-refractivity contribution in [3.63, 3.8) is 0 Å². The lowest BCUT2D eigenvalue weighted by molar-refractivity contribution is 0.0790. The van der Waals surface area contributed by atoms with Crippen molar-refractivity contribution >= 4 is 17.3 Å². The average Bonchev–Trinajstić information content (AvgIpc) is 2.36. The van der Waals surface area contributed by atoms with Gasteiger partial charge in [0, 0.05) is 33.3 Å². The fourth-order valence-electron chi connectivity index (χ4n) is 2.04. The fraction of sp³-hybridized carbons (Fsp3) is 0.533. The Morgan fingerprint density at radius 3 is 2.25 bits per heavy atom. The molecule has 1 amide bonds. The Morgan fingerprint density at radius 1 is 1.10 bits per heavy atom. The summed E-state index contributed by atoms with van der Waals surface area (Å²) >= 11 is 0. The van der Waals surface area contributed by atoms with Gasteiger partial charge >= 0.3 is 0 Å². The first-order valence-electron chi connectivity index (χ1n) is 6.80. The molecule has 1 rings (SSSR count). The predicted molar refractivity (Wildman–Crippen MR) is 85.3 cm³/mol. The molecule has 1 aromatic carbocycles. The second kappa shape index (κ2) is 7.14. The number of carbonyl (C=O) groups is 1. The van der Waals surface area contributed by atoms with Gasteiger partial charge in [-0.25, -0.2) is 0 Å². The van der Waals surface area contributed by atoms with Crippen molar-refractivity contribution in [3.8, 4) is 0 Å². The van der Waals surface area contributed by atoms with E-state index in [1.54, 1.807) is 11.0 Å². The zero-order valence-electron chi connectivity index (χ0n) is 13.2. The number of anilines is 2. The number of hydrogen-bond donors (Lipinski definition) is 1. The molecule has 0 atom stereocenters. The third-order valence-electron chi connectivity index (χ3n) is 3.20. The minimum absolute atomic E-state index is 0.0146. The molecule has 0 unspecified atom stereocenters. The Morgan fingerprint density at radius 2 is 1.75 bits per heavy atom. The maximum Gasteiger partial charge on any atom is 0.253 e. The minimum atomic E-state index is 0.0146. The Labute approximate surface area is 121 Å². The highest BCUT2D eigenvalue weighted by molar-refractivity contribution is 5.96. The number of amides is 1. The van der Waals surface area contributed by atoms with Gasteiger partial charge in [-0.3, -0.25) is 4.79 Å². The summed E-state index contributed by atoms with van der Waals surface area (Å²) in [7, 11) is 9.75. The highest BCUT2D eigenvalue weighted by Gasteiger charge is 2.13. The van der Waals surface area contributed by atoms with Crippen LogP contribution in [0.15, 0.2) is 18.2 Å². The SMILES string of the molecule is CN(C)CCCN(C)C(=O)c1ccc(N(C)C)c(N)c1. The number of nitrogens with two attached hydrogens (primary N) is 1. The Hall–Kier alpha value is -1.75. The monoisotopic (exact) mass is 278 g/mol.